The molecule has 0 aromatic heterocycles. The fourth-order valence-electron chi connectivity index (χ4n) is 1.89. The number of halogens is 2. The molecule has 0 bridgehead atoms. The average molecular weight is 278 g/mol. The molecule has 2 rings (SSSR count). The van der Waals surface area contributed by atoms with Gasteiger partial charge in [0.25, 0.3) is 0 Å². The maximum atomic E-state index is 13.0. The molecule has 17 heavy (non-hydrogen) atoms. The van der Waals surface area contributed by atoms with Crippen molar-refractivity contribution in [3.63, 3.8) is 0 Å². The van der Waals surface area contributed by atoms with Gasteiger partial charge in [0.1, 0.15) is 5.82 Å². The normalized spacial score (nSPS) is 18.2. The van der Waals surface area contributed by atoms with Crippen molar-refractivity contribution >= 4 is 21.6 Å². The zero-order valence-electron chi connectivity index (χ0n) is 9.20. The van der Waals surface area contributed by atoms with E-state index in [-0.39, 0.29) is 9.92 Å². The Kier molecular flexibility index (Phi) is 3.70. The fourth-order valence-corrected chi connectivity index (χ4v) is 3.68. The first-order chi connectivity index (χ1) is 8.01. The molecule has 0 saturated carbocycles. The van der Waals surface area contributed by atoms with Crippen LogP contribution in [0.5, 0.6) is 0 Å². The van der Waals surface area contributed by atoms with Gasteiger partial charge < -0.3 is 0 Å². The molecule has 1 fully saturated rings. The number of sulfonamides is 1. The van der Waals surface area contributed by atoms with E-state index in [2.05, 4.69) is 0 Å². The molecule has 0 spiro atoms. The summed E-state index contributed by atoms with van der Waals surface area (Å²) in [5.74, 6) is -0.607. The number of nitrogens with zero attached hydrogens (tertiary/aromatic N) is 1. The average Bonchev–Trinajstić information content (AvgIpc) is 2.33. The van der Waals surface area contributed by atoms with Gasteiger partial charge in [-0.1, -0.05) is 18.0 Å². The molecule has 3 nitrogen and oxygen atoms in total. The lowest BCUT2D eigenvalue weighted by atomic mass is 10.2. The Bertz CT molecular complexity index is 512. The van der Waals surface area contributed by atoms with E-state index in [1.165, 1.54) is 16.4 Å². The van der Waals surface area contributed by atoms with Crippen molar-refractivity contribution < 1.29 is 12.8 Å². The lowest BCUT2D eigenvalue weighted by Crippen LogP contribution is -2.35. The van der Waals surface area contributed by atoms with Crippen molar-refractivity contribution in [2.45, 2.75) is 24.2 Å². The van der Waals surface area contributed by atoms with Gasteiger partial charge in [-0.05, 0) is 31.0 Å². The number of benzene rings is 1. The highest BCUT2D eigenvalue weighted by Crippen LogP contribution is 2.24. The molecule has 1 aliphatic rings. The van der Waals surface area contributed by atoms with Gasteiger partial charge in [-0.2, -0.15) is 4.31 Å². The highest BCUT2D eigenvalue weighted by atomic mass is 35.5. The van der Waals surface area contributed by atoms with Crippen LogP contribution in [0.2, 0.25) is 5.02 Å². The molecule has 1 aliphatic heterocycles. The Morgan fingerprint density at radius 1 is 1.18 bits per heavy atom. The largest absolute Gasteiger partial charge is 0.243 e. The molecular formula is C11H13ClFNO2S. The van der Waals surface area contributed by atoms with E-state index in [0.717, 1.165) is 25.3 Å². The van der Waals surface area contributed by atoms with E-state index in [9.17, 15) is 12.8 Å². The van der Waals surface area contributed by atoms with Gasteiger partial charge in [-0.3, -0.25) is 0 Å². The minimum absolute atomic E-state index is 0.0609. The second-order valence-corrected chi connectivity index (χ2v) is 6.39. The van der Waals surface area contributed by atoms with Crippen LogP contribution in [-0.4, -0.2) is 25.8 Å². The Balaban J connectivity index is 2.33. The summed E-state index contributed by atoms with van der Waals surface area (Å²) >= 11 is 5.60. The third kappa shape index (κ3) is 2.61. The SMILES string of the molecule is O=S(=O)(c1ccc(F)c(Cl)c1)N1CCCCC1. The van der Waals surface area contributed by atoms with Gasteiger partial charge >= 0.3 is 0 Å². The maximum absolute atomic E-state index is 13.0. The third-order valence-corrected chi connectivity index (χ3v) is 5.03. The van der Waals surface area contributed by atoms with Crippen molar-refractivity contribution in [1.82, 2.24) is 4.31 Å². The van der Waals surface area contributed by atoms with E-state index in [4.69, 9.17) is 11.6 Å². The van der Waals surface area contributed by atoms with Crippen LogP contribution in [0.3, 0.4) is 0 Å². The maximum Gasteiger partial charge on any atom is 0.243 e. The van der Waals surface area contributed by atoms with Gasteiger partial charge in [0.05, 0.1) is 9.92 Å². The molecule has 1 aromatic rings. The van der Waals surface area contributed by atoms with Crippen LogP contribution >= 0.6 is 11.6 Å². The van der Waals surface area contributed by atoms with Crippen molar-refractivity contribution in [3.8, 4) is 0 Å². The summed E-state index contributed by atoms with van der Waals surface area (Å²) < 4.78 is 38.8. The van der Waals surface area contributed by atoms with Crippen LogP contribution in [0.25, 0.3) is 0 Å². The first-order valence-corrected chi connectivity index (χ1v) is 7.29. The van der Waals surface area contributed by atoms with E-state index in [0.29, 0.717) is 13.1 Å². The minimum atomic E-state index is -3.52. The molecule has 0 unspecified atom stereocenters. The molecule has 0 aliphatic carbocycles. The Hall–Kier alpha value is -0.650. The first kappa shape index (κ1) is 12.8. The van der Waals surface area contributed by atoms with Gasteiger partial charge in [-0.25, -0.2) is 12.8 Å². The molecule has 6 heteroatoms. The highest BCUT2D eigenvalue weighted by Gasteiger charge is 2.26. The summed E-state index contributed by atoms with van der Waals surface area (Å²) in [5.41, 5.74) is 0. The molecule has 0 N–H and O–H groups in total. The van der Waals surface area contributed by atoms with Crippen LogP contribution in [0, 0.1) is 5.82 Å². The minimum Gasteiger partial charge on any atom is -0.207 e. The van der Waals surface area contributed by atoms with Crippen LogP contribution < -0.4 is 0 Å². The van der Waals surface area contributed by atoms with Crippen LogP contribution in [-0.2, 0) is 10.0 Å². The van der Waals surface area contributed by atoms with E-state index in [1.807, 2.05) is 0 Å². The summed E-state index contributed by atoms with van der Waals surface area (Å²) in [4.78, 5) is 0.0609. The second-order valence-electron chi connectivity index (χ2n) is 4.04. The molecule has 1 saturated heterocycles. The zero-order chi connectivity index (χ0) is 12.5. The summed E-state index contributed by atoms with van der Waals surface area (Å²) in [6.07, 6.45) is 2.79. The Labute approximate surface area is 105 Å². The summed E-state index contributed by atoms with van der Waals surface area (Å²) in [6, 6.07) is 3.51. The number of piperidine rings is 1. The Morgan fingerprint density at radius 2 is 1.82 bits per heavy atom. The van der Waals surface area contributed by atoms with E-state index in [1.54, 1.807) is 0 Å². The van der Waals surface area contributed by atoms with Gasteiger partial charge in [0.2, 0.25) is 10.0 Å². The number of hydrogen-bond acceptors (Lipinski definition) is 2. The van der Waals surface area contributed by atoms with Crippen molar-refractivity contribution in [2.75, 3.05) is 13.1 Å². The molecule has 1 heterocycles. The van der Waals surface area contributed by atoms with Gasteiger partial charge in [0.15, 0.2) is 0 Å². The van der Waals surface area contributed by atoms with Crippen LogP contribution in [0.15, 0.2) is 23.1 Å². The van der Waals surface area contributed by atoms with Crippen molar-refractivity contribution in [3.05, 3.63) is 29.0 Å². The molecule has 1 aromatic carbocycles. The lowest BCUT2D eigenvalue weighted by molar-refractivity contribution is 0.346. The predicted molar refractivity (Wildman–Crippen MR) is 64.0 cm³/mol. The Morgan fingerprint density at radius 3 is 2.41 bits per heavy atom. The number of rotatable bonds is 2. The van der Waals surface area contributed by atoms with Crippen LogP contribution in [0.1, 0.15) is 19.3 Å². The lowest BCUT2D eigenvalue weighted by Gasteiger charge is -2.25. The predicted octanol–water partition coefficient (Wildman–Crippen LogP) is 2.65. The molecule has 0 amide bonds. The smallest absolute Gasteiger partial charge is 0.207 e. The van der Waals surface area contributed by atoms with Gasteiger partial charge in [-0.15, -0.1) is 0 Å². The first-order valence-electron chi connectivity index (χ1n) is 5.47. The molecular weight excluding hydrogens is 265 g/mol. The van der Waals surface area contributed by atoms with Crippen molar-refractivity contribution in [2.24, 2.45) is 0 Å². The van der Waals surface area contributed by atoms with Crippen molar-refractivity contribution in [1.29, 1.82) is 0 Å². The topological polar surface area (TPSA) is 37.4 Å². The quantitative estimate of drug-likeness (QED) is 0.833. The summed E-state index contributed by atoms with van der Waals surface area (Å²) in [5, 5.41) is -0.164. The summed E-state index contributed by atoms with van der Waals surface area (Å²) in [6.45, 7) is 1.05. The molecule has 0 radical (unpaired) electrons. The standard InChI is InChI=1S/C11H13ClFNO2S/c12-10-8-9(4-5-11(10)13)17(15,16)14-6-2-1-3-7-14/h4-5,8H,1-3,6-7H2. The molecule has 94 valence electrons. The van der Waals surface area contributed by atoms with Gasteiger partial charge in [0, 0.05) is 13.1 Å². The highest BCUT2D eigenvalue weighted by molar-refractivity contribution is 7.89. The number of hydrogen-bond donors (Lipinski definition) is 0. The van der Waals surface area contributed by atoms with E-state index < -0.39 is 15.8 Å². The summed E-state index contributed by atoms with van der Waals surface area (Å²) in [7, 11) is -3.52. The fraction of sp³-hybridized carbons (Fsp3) is 0.455. The van der Waals surface area contributed by atoms with Crippen LogP contribution in [0.4, 0.5) is 4.39 Å². The zero-order valence-corrected chi connectivity index (χ0v) is 10.8. The third-order valence-electron chi connectivity index (χ3n) is 2.84. The second kappa shape index (κ2) is 4.92. The van der Waals surface area contributed by atoms with E-state index >= 15 is 0 Å². The monoisotopic (exact) mass is 277 g/mol. The molecule has 0 atom stereocenters.